The van der Waals surface area contributed by atoms with Crippen molar-refractivity contribution in [1.29, 1.82) is 0 Å². The van der Waals surface area contributed by atoms with E-state index < -0.39 is 11.6 Å². The molecule has 2 aromatic carbocycles. The summed E-state index contributed by atoms with van der Waals surface area (Å²) in [5.74, 6) is -0.172. The van der Waals surface area contributed by atoms with E-state index in [0.29, 0.717) is 33.6 Å². The van der Waals surface area contributed by atoms with Crippen LogP contribution in [0.3, 0.4) is 0 Å². The first-order valence-corrected chi connectivity index (χ1v) is 7.29. The molecule has 0 radical (unpaired) electrons. The van der Waals surface area contributed by atoms with Crippen LogP contribution >= 0.6 is 0 Å². The fraction of sp³-hybridized carbons (Fsp3) is 0.111. The monoisotopic (exact) mass is 324 g/mol. The molecule has 0 unspecified atom stereocenters. The molecule has 4 rings (SSSR count). The van der Waals surface area contributed by atoms with Crippen molar-refractivity contribution in [2.45, 2.75) is 6.92 Å². The molecule has 0 saturated carbocycles. The van der Waals surface area contributed by atoms with Crippen molar-refractivity contribution in [2.24, 2.45) is 0 Å². The van der Waals surface area contributed by atoms with E-state index in [4.69, 9.17) is 9.15 Å². The summed E-state index contributed by atoms with van der Waals surface area (Å²) in [5.41, 5.74) is 3.42. The number of hydrogen-bond acceptors (Lipinski definition) is 5. The average molecular weight is 324 g/mol. The number of nitrogens with zero attached hydrogens (tertiary/aromatic N) is 2. The Balaban J connectivity index is 1.98. The number of hydrogen-bond donors (Lipinski definition) is 1. The van der Waals surface area contributed by atoms with Gasteiger partial charge in [0, 0.05) is 17.0 Å². The summed E-state index contributed by atoms with van der Waals surface area (Å²) in [6.45, 7) is 1.94. The maximum absolute atomic E-state index is 13.5. The predicted molar refractivity (Wildman–Crippen MR) is 87.7 cm³/mol. The van der Waals surface area contributed by atoms with E-state index in [1.807, 2.05) is 19.1 Å². The van der Waals surface area contributed by atoms with Crippen LogP contribution in [0.15, 0.2) is 40.9 Å². The Labute approximate surface area is 136 Å². The van der Waals surface area contributed by atoms with Crippen molar-refractivity contribution < 1.29 is 18.7 Å². The van der Waals surface area contributed by atoms with Crippen molar-refractivity contribution in [1.82, 2.24) is 9.97 Å². The van der Waals surface area contributed by atoms with Crippen molar-refractivity contribution in [3.05, 3.63) is 47.9 Å². The first-order chi connectivity index (χ1) is 11.5. The van der Waals surface area contributed by atoms with Crippen LogP contribution in [0.25, 0.3) is 33.3 Å². The normalized spacial score (nSPS) is 11.3. The molecule has 2 aromatic heterocycles. The lowest BCUT2D eigenvalue weighted by Gasteiger charge is -2.06. The van der Waals surface area contributed by atoms with E-state index in [9.17, 15) is 9.50 Å². The summed E-state index contributed by atoms with van der Waals surface area (Å²) in [7, 11) is 1.53. The van der Waals surface area contributed by atoms with Gasteiger partial charge in [0.25, 0.3) is 0 Å². The van der Waals surface area contributed by atoms with Crippen LogP contribution in [-0.2, 0) is 0 Å². The third-order valence-corrected chi connectivity index (χ3v) is 3.83. The van der Waals surface area contributed by atoms with Gasteiger partial charge in [0.05, 0.1) is 24.3 Å². The highest BCUT2D eigenvalue weighted by atomic mass is 19.1. The van der Waals surface area contributed by atoms with Gasteiger partial charge in [-0.3, -0.25) is 0 Å². The lowest BCUT2D eigenvalue weighted by molar-refractivity contribution is 0.397. The molecule has 0 amide bonds. The molecule has 0 atom stereocenters. The van der Waals surface area contributed by atoms with Crippen LogP contribution in [0.1, 0.15) is 5.56 Å². The van der Waals surface area contributed by atoms with E-state index in [1.165, 1.54) is 25.4 Å². The predicted octanol–water partition coefficient (Wildman–Crippen LogP) is 4.20. The zero-order chi connectivity index (χ0) is 16.8. The largest absolute Gasteiger partial charge is 0.505 e. The smallest absolute Gasteiger partial charge is 0.232 e. The van der Waals surface area contributed by atoms with E-state index in [-0.39, 0.29) is 0 Å². The number of furan rings is 1. The molecule has 0 aliphatic carbocycles. The molecule has 24 heavy (non-hydrogen) atoms. The van der Waals surface area contributed by atoms with Gasteiger partial charge in [-0.1, -0.05) is 0 Å². The van der Waals surface area contributed by atoms with E-state index >= 15 is 0 Å². The first-order valence-electron chi connectivity index (χ1n) is 7.29. The molecule has 0 aliphatic heterocycles. The van der Waals surface area contributed by atoms with Crippen LogP contribution in [0, 0.1) is 12.7 Å². The summed E-state index contributed by atoms with van der Waals surface area (Å²) in [5, 5.41) is 10.1. The summed E-state index contributed by atoms with van der Waals surface area (Å²) in [6.07, 6.45) is 1.54. The van der Waals surface area contributed by atoms with Crippen LogP contribution in [0.5, 0.6) is 11.6 Å². The van der Waals surface area contributed by atoms with Gasteiger partial charge in [-0.15, -0.1) is 0 Å². The first kappa shape index (κ1) is 14.4. The fourth-order valence-electron chi connectivity index (χ4n) is 2.72. The Hall–Kier alpha value is -3.15. The topological polar surface area (TPSA) is 68.4 Å². The van der Waals surface area contributed by atoms with Crippen molar-refractivity contribution in [2.75, 3.05) is 7.11 Å². The fourth-order valence-corrected chi connectivity index (χ4v) is 2.72. The number of phenolic OH excluding ortho intramolecular Hbond substituents is 1. The number of rotatable bonds is 2. The van der Waals surface area contributed by atoms with Gasteiger partial charge in [-0.25, -0.2) is 14.4 Å². The molecule has 0 aliphatic rings. The summed E-state index contributed by atoms with van der Waals surface area (Å²) >= 11 is 0. The molecular weight excluding hydrogens is 311 g/mol. The SMILES string of the molecule is COc1cnc2c(-c3cc4cc(O)c(F)cc4o3)cc(C)cc2n1. The van der Waals surface area contributed by atoms with Gasteiger partial charge in [0.1, 0.15) is 11.3 Å². The number of halogens is 1. The van der Waals surface area contributed by atoms with E-state index in [1.54, 1.807) is 6.07 Å². The zero-order valence-corrected chi connectivity index (χ0v) is 13.0. The highest BCUT2D eigenvalue weighted by molar-refractivity contribution is 5.94. The molecule has 6 heteroatoms. The molecule has 120 valence electrons. The van der Waals surface area contributed by atoms with Crippen molar-refractivity contribution >= 4 is 22.0 Å². The summed E-state index contributed by atoms with van der Waals surface area (Å²) in [4.78, 5) is 8.80. The van der Waals surface area contributed by atoms with Gasteiger partial charge in [0.15, 0.2) is 11.6 Å². The third-order valence-electron chi connectivity index (χ3n) is 3.83. The zero-order valence-electron chi connectivity index (χ0n) is 13.0. The number of fused-ring (bicyclic) bond motifs is 2. The minimum Gasteiger partial charge on any atom is -0.505 e. The second kappa shape index (κ2) is 5.19. The highest BCUT2D eigenvalue weighted by Crippen LogP contribution is 2.35. The highest BCUT2D eigenvalue weighted by Gasteiger charge is 2.15. The van der Waals surface area contributed by atoms with Gasteiger partial charge in [0.2, 0.25) is 5.88 Å². The number of aromatic hydroxyl groups is 1. The second-order valence-corrected chi connectivity index (χ2v) is 5.54. The van der Waals surface area contributed by atoms with E-state index in [2.05, 4.69) is 9.97 Å². The Bertz CT molecular complexity index is 1050. The number of benzene rings is 2. The van der Waals surface area contributed by atoms with Crippen molar-refractivity contribution in [3.8, 4) is 23.0 Å². The molecule has 0 bridgehead atoms. The molecule has 1 N–H and O–H groups in total. The Morgan fingerprint density at radius 3 is 2.79 bits per heavy atom. The maximum atomic E-state index is 13.5. The van der Waals surface area contributed by atoms with Gasteiger partial charge in [-0.2, -0.15) is 0 Å². The van der Waals surface area contributed by atoms with Crippen LogP contribution in [-0.4, -0.2) is 22.2 Å². The van der Waals surface area contributed by atoms with E-state index in [0.717, 1.165) is 11.1 Å². The molecule has 0 spiro atoms. The minimum absolute atomic E-state index is 0.358. The summed E-state index contributed by atoms with van der Waals surface area (Å²) < 4.78 is 24.4. The second-order valence-electron chi connectivity index (χ2n) is 5.54. The van der Waals surface area contributed by atoms with Crippen LogP contribution < -0.4 is 4.74 Å². The molecule has 2 heterocycles. The Morgan fingerprint density at radius 2 is 2.00 bits per heavy atom. The number of methoxy groups -OCH3 is 1. The number of aryl methyl sites for hydroxylation is 1. The number of aromatic nitrogens is 2. The number of phenols is 1. The molecule has 4 aromatic rings. The lowest BCUT2D eigenvalue weighted by atomic mass is 10.1. The third kappa shape index (κ3) is 2.23. The molecule has 0 fully saturated rings. The van der Waals surface area contributed by atoms with Gasteiger partial charge < -0.3 is 14.3 Å². The Kier molecular flexibility index (Phi) is 3.13. The van der Waals surface area contributed by atoms with Crippen molar-refractivity contribution in [3.63, 3.8) is 0 Å². The summed E-state index contributed by atoms with van der Waals surface area (Å²) in [6, 6.07) is 8.08. The Morgan fingerprint density at radius 1 is 1.17 bits per heavy atom. The van der Waals surface area contributed by atoms with Crippen LogP contribution in [0.4, 0.5) is 4.39 Å². The standard InChI is InChI=1S/C18H13FN2O3/c1-9-3-11(18-13(4-9)21-17(23-2)8-20-18)16-6-10-5-14(22)12(19)7-15(10)24-16/h3-8,22H,1-2H3. The van der Waals surface area contributed by atoms with Gasteiger partial charge in [-0.05, 0) is 36.8 Å². The quantitative estimate of drug-likeness (QED) is 0.598. The van der Waals surface area contributed by atoms with Gasteiger partial charge >= 0.3 is 0 Å². The molecular formula is C18H13FN2O3. The molecule has 0 saturated heterocycles. The average Bonchev–Trinajstić information content (AvgIpc) is 2.96. The number of ether oxygens (including phenoxy) is 1. The van der Waals surface area contributed by atoms with Crippen LogP contribution in [0.2, 0.25) is 0 Å². The maximum Gasteiger partial charge on any atom is 0.232 e. The molecule has 5 nitrogen and oxygen atoms in total. The lowest BCUT2D eigenvalue weighted by Crippen LogP contribution is -1.93. The minimum atomic E-state index is -0.720.